The number of nitrogens with one attached hydrogen (secondary N) is 1. The first-order valence-electron chi connectivity index (χ1n) is 6.87. The number of rotatable bonds is 3. The van der Waals surface area contributed by atoms with Crippen molar-refractivity contribution in [3.8, 4) is 0 Å². The van der Waals surface area contributed by atoms with E-state index in [1.54, 1.807) is 28.9 Å². The Hall–Kier alpha value is -1.89. The molecule has 0 spiro atoms. The minimum Gasteiger partial charge on any atom is -0.340 e. The summed E-state index contributed by atoms with van der Waals surface area (Å²) < 4.78 is 0. The first-order valence-corrected chi connectivity index (χ1v) is 7.75. The monoisotopic (exact) mass is 309 g/mol. The third-order valence-electron chi connectivity index (χ3n) is 3.50. The largest absolute Gasteiger partial charge is 0.340 e. The van der Waals surface area contributed by atoms with E-state index in [0.717, 1.165) is 0 Å². The highest BCUT2D eigenvalue weighted by molar-refractivity contribution is 7.12. The molecule has 1 N–H and O–H groups in total. The van der Waals surface area contributed by atoms with E-state index in [1.165, 1.54) is 18.3 Å². The third-order valence-corrected chi connectivity index (χ3v) is 4.37. The third kappa shape index (κ3) is 3.81. The molecule has 1 aliphatic heterocycles. The lowest BCUT2D eigenvalue weighted by Gasteiger charge is -2.35. The van der Waals surface area contributed by atoms with Crippen LogP contribution in [0, 0.1) is 0 Å². The van der Waals surface area contributed by atoms with Gasteiger partial charge in [-0.05, 0) is 18.4 Å². The van der Waals surface area contributed by atoms with E-state index in [4.69, 9.17) is 0 Å². The molecule has 6 nitrogen and oxygen atoms in total. The van der Waals surface area contributed by atoms with Crippen LogP contribution >= 0.6 is 11.3 Å². The van der Waals surface area contributed by atoms with Crippen LogP contribution in [0.3, 0.4) is 0 Å². The van der Waals surface area contributed by atoms with Crippen molar-refractivity contribution in [2.45, 2.75) is 19.9 Å². The van der Waals surface area contributed by atoms with Gasteiger partial charge < -0.3 is 15.1 Å². The predicted molar refractivity (Wildman–Crippen MR) is 80.1 cm³/mol. The van der Waals surface area contributed by atoms with E-state index in [2.05, 4.69) is 5.32 Å². The van der Waals surface area contributed by atoms with Gasteiger partial charge in [0, 0.05) is 33.1 Å². The summed E-state index contributed by atoms with van der Waals surface area (Å²) in [6.45, 7) is 5.33. The van der Waals surface area contributed by atoms with Crippen molar-refractivity contribution in [2.75, 3.05) is 26.2 Å². The molecule has 3 amide bonds. The SMILES string of the molecule is CC(=O)N1CCN(C(=O)C(C)NC(=O)c2cccs2)CC1. The van der Waals surface area contributed by atoms with Crippen LogP contribution in [-0.2, 0) is 9.59 Å². The number of piperazine rings is 1. The summed E-state index contributed by atoms with van der Waals surface area (Å²) in [6.07, 6.45) is 0. The summed E-state index contributed by atoms with van der Waals surface area (Å²) in [5.41, 5.74) is 0. The lowest BCUT2D eigenvalue weighted by molar-refractivity contribution is -0.139. The molecule has 2 heterocycles. The number of hydrogen-bond acceptors (Lipinski definition) is 4. The average molecular weight is 309 g/mol. The molecule has 1 aromatic rings. The first kappa shape index (κ1) is 15.5. The van der Waals surface area contributed by atoms with Crippen molar-refractivity contribution in [1.82, 2.24) is 15.1 Å². The van der Waals surface area contributed by atoms with E-state index < -0.39 is 6.04 Å². The molecular formula is C14H19N3O3S. The maximum absolute atomic E-state index is 12.3. The standard InChI is InChI=1S/C14H19N3O3S/c1-10(15-13(19)12-4-3-9-21-12)14(20)17-7-5-16(6-8-17)11(2)18/h3-4,9-10H,5-8H2,1-2H3,(H,15,19). The fourth-order valence-corrected chi connectivity index (χ4v) is 2.88. The molecule has 114 valence electrons. The van der Waals surface area contributed by atoms with Crippen LogP contribution in [-0.4, -0.2) is 59.7 Å². The van der Waals surface area contributed by atoms with Crippen molar-refractivity contribution in [2.24, 2.45) is 0 Å². The average Bonchev–Trinajstić information content (AvgIpc) is 3.00. The minimum absolute atomic E-state index is 0.0288. The van der Waals surface area contributed by atoms with Crippen molar-refractivity contribution >= 4 is 29.1 Å². The van der Waals surface area contributed by atoms with E-state index in [1.807, 2.05) is 5.38 Å². The van der Waals surface area contributed by atoms with Gasteiger partial charge in [-0.25, -0.2) is 0 Å². The Balaban J connectivity index is 1.86. The number of hydrogen-bond donors (Lipinski definition) is 1. The van der Waals surface area contributed by atoms with E-state index in [0.29, 0.717) is 31.1 Å². The van der Waals surface area contributed by atoms with Crippen LogP contribution in [0.5, 0.6) is 0 Å². The van der Waals surface area contributed by atoms with Gasteiger partial charge in [0.25, 0.3) is 5.91 Å². The van der Waals surface area contributed by atoms with Gasteiger partial charge in [0.15, 0.2) is 0 Å². The normalized spacial score (nSPS) is 16.5. The molecular weight excluding hydrogens is 290 g/mol. The number of carbonyl (C=O) groups is 3. The Morgan fingerprint density at radius 2 is 1.81 bits per heavy atom. The summed E-state index contributed by atoms with van der Waals surface area (Å²) in [6, 6.07) is 2.96. The molecule has 21 heavy (non-hydrogen) atoms. The van der Waals surface area contributed by atoms with Gasteiger partial charge in [-0.3, -0.25) is 14.4 Å². The Kier molecular flexibility index (Phi) is 4.95. The lowest BCUT2D eigenvalue weighted by atomic mass is 10.2. The summed E-state index contributed by atoms with van der Waals surface area (Å²) in [5.74, 6) is -0.308. The Morgan fingerprint density at radius 3 is 2.33 bits per heavy atom. The van der Waals surface area contributed by atoms with Gasteiger partial charge in [0.05, 0.1) is 4.88 Å². The number of nitrogens with zero attached hydrogens (tertiary/aromatic N) is 2. The second kappa shape index (κ2) is 6.71. The zero-order valence-electron chi connectivity index (χ0n) is 12.2. The lowest BCUT2D eigenvalue weighted by Crippen LogP contribution is -2.54. The van der Waals surface area contributed by atoms with Gasteiger partial charge in [-0.15, -0.1) is 11.3 Å². The van der Waals surface area contributed by atoms with Gasteiger partial charge in [0.1, 0.15) is 6.04 Å². The molecule has 0 radical (unpaired) electrons. The molecule has 0 bridgehead atoms. The van der Waals surface area contributed by atoms with Crippen molar-refractivity contribution in [3.05, 3.63) is 22.4 Å². The molecule has 2 rings (SSSR count). The fourth-order valence-electron chi connectivity index (χ4n) is 2.25. The van der Waals surface area contributed by atoms with Crippen LogP contribution in [0.25, 0.3) is 0 Å². The minimum atomic E-state index is -0.566. The summed E-state index contributed by atoms with van der Waals surface area (Å²) in [4.78, 5) is 39.5. The van der Waals surface area contributed by atoms with E-state index in [-0.39, 0.29) is 17.7 Å². The quantitative estimate of drug-likeness (QED) is 0.887. The molecule has 1 unspecified atom stereocenters. The van der Waals surface area contributed by atoms with Crippen molar-refractivity contribution in [1.29, 1.82) is 0 Å². The number of thiophene rings is 1. The molecule has 1 atom stereocenters. The van der Waals surface area contributed by atoms with Crippen molar-refractivity contribution < 1.29 is 14.4 Å². The predicted octanol–water partition coefficient (Wildman–Crippen LogP) is 0.557. The topological polar surface area (TPSA) is 69.7 Å². The molecule has 0 aliphatic carbocycles. The van der Waals surface area contributed by atoms with Gasteiger partial charge in [-0.1, -0.05) is 6.07 Å². The first-order chi connectivity index (χ1) is 9.99. The summed E-state index contributed by atoms with van der Waals surface area (Å²) in [5, 5.41) is 4.53. The molecule has 1 aliphatic rings. The van der Waals surface area contributed by atoms with E-state index >= 15 is 0 Å². The summed E-state index contributed by atoms with van der Waals surface area (Å²) in [7, 11) is 0. The number of carbonyl (C=O) groups excluding carboxylic acids is 3. The maximum Gasteiger partial charge on any atom is 0.261 e. The molecule has 1 aromatic heterocycles. The molecule has 0 saturated carbocycles. The van der Waals surface area contributed by atoms with Crippen LogP contribution in [0.2, 0.25) is 0 Å². The highest BCUT2D eigenvalue weighted by Gasteiger charge is 2.26. The van der Waals surface area contributed by atoms with Crippen LogP contribution in [0.15, 0.2) is 17.5 Å². The van der Waals surface area contributed by atoms with Crippen LogP contribution in [0.1, 0.15) is 23.5 Å². The fraction of sp³-hybridized carbons (Fsp3) is 0.500. The zero-order valence-corrected chi connectivity index (χ0v) is 13.0. The second-order valence-electron chi connectivity index (χ2n) is 5.00. The molecule has 7 heteroatoms. The Morgan fingerprint density at radius 1 is 1.19 bits per heavy atom. The van der Waals surface area contributed by atoms with Gasteiger partial charge in [-0.2, -0.15) is 0 Å². The second-order valence-corrected chi connectivity index (χ2v) is 5.95. The molecule has 1 saturated heterocycles. The molecule has 1 fully saturated rings. The van der Waals surface area contributed by atoms with Crippen LogP contribution in [0.4, 0.5) is 0 Å². The van der Waals surface area contributed by atoms with Gasteiger partial charge >= 0.3 is 0 Å². The maximum atomic E-state index is 12.3. The van der Waals surface area contributed by atoms with E-state index in [9.17, 15) is 14.4 Å². The molecule has 0 aromatic carbocycles. The van der Waals surface area contributed by atoms with Crippen molar-refractivity contribution in [3.63, 3.8) is 0 Å². The summed E-state index contributed by atoms with van der Waals surface area (Å²) >= 11 is 1.34. The highest BCUT2D eigenvalue weighted by atomic mass is 32.1. The van der Waals surface area contributed by atoms with Gasteiger partial charge in [0.2, 0.25) is 11.8 Å². The smallest absolute Gasteiger partial charge is 0.261 e. The number of amides is 3. The zero-order chi connectivity index (χ0) is 15.4. The Bertz CT molecular complexity index is 522. The Labute approximate surface area is 127 Å². The highest BCUT2D eigenvalue weighted by Crippen LogP contribution is 2.09. The van der Waals surface area contributed by atoms with Crippen LogP contribution < -0.4 is 5.32 Å².